The van der Waals surface area contributed by atoms with E-state index in [4.69, 9.17) is 29.2 Å². The summed E-state index contributed by atoms with van der Waals surface area (Å²) in [5.74, 6) is -0.750. The number of esters is 1. The van der Waals surface area contributed by atoms with Crippen molar-refractivity contribution in [2.45, 2.75) is 101 Å². The molecule has 1 aliphatic carbocycles. The first-order valence-electron chi connectivity index (χ1n) is 17.7. The van der Waals surface area contributed by atoms with Gasteiger partial charge in [-0.05, 0) is 52.5 Å². The Morgan fingerprint density at radius 3 is 1.93 bits per heavy atom. The molecular formula is C37H42N10O8. The van der Waals surface area contributed by atoms with Gasteiger partial charge in [-0.25, -0.2) is 4.79 Å². The van der Waals surface area contributed by atoms with Crippen LogP contribution in [0.2, 0.25) is 0 Å². The smallest absolute Gasteiger partial charge is 0.410 e. The van der Waals surface area contributed by atoms with Gasteiger partial charge in [0.15, 0.2) is 6.29 Å². The van der Waals surface area contributed by atoms with Crippen molar-refractivity contribution < 1.29 is 38.4 Å². The summed E-state index contributed by atoms with van der Waals surface area (Å²) in [7, 11) is 0. The molecule has 1 amide bonds. The van der Waals surface area contributed by atoms with Crippen LogP contribution in [-0.4, -0.2) is 83.5 Å². The lowest BCUT2D eigenvalue weighted by molar-refractivity contribution is -0.263. The number of ether oxygens (including phenoxy) is 5. The molecular weight excluding hydrogens is 712 g/mol. The highest BCUT2D eigenvalue weighted by atomic mass is 16.7. The van der Waals surface area contributed by atoms with Gasteiger partial charge in [0.2, 0.25) is 0 Å². The fraction of sp³-hybridized carbons (Fsp3) is 0.459. The van der Waals surface area contributed by atoms with Crippen molar-refractivity contribution in [1.29, 1.82) is 0 Å². The number of carbonyl (C=O) groups excluding carboxylic acids is 2. The van der Waals surface area contributed by atoms with Gasteiger partial charge in [-0.1, -0.05) is 106 Å². The van der Waals surface area contributed by atoms with E-state index in [0.29, 0.717) is 6.42 Å². The standard InChI is InChI=1S/C37H42N10O8/c1-24(48)53-34-29(42-45-39)19-30(43-46-40)35(33(34)49)55-36-28(41-44-38)17-18-32(54-36)31(23-51-21-26-13-7-3-8-14-26)47(20-25-11-5-2-6-12-25)37(50)52-22-27-15-9-4-10-16-27/h2-16,28-36,49H,17-23H2,1H3. The van der Waals surface area contributed by atoms with Gasteiger partial charge in [0, 0.05) is 28.2 Å². The monoisotopic (exact) mass is 754 g/mol. The first-order valence-corrected chi connectivity index (χ1v) is 17.7. The molecule has 1 heterocycles. The molecule has 18 heteroatoms. The first kappa shape index (κ1) is 40.4. The number of benzene rings is 3. The minimum atomic E-state index is -1.65. The van der Waals surface area contributed by atoms with Gasteiger partial charge in [0.05, 0.1) is 49.6 Å². The SMILES string of the molecule is CC(=O)OC1C(N=[N+]=[N-])CC(N=[N+]=[N-])C(OC2OC(C(COCc3ccccc3)N(Cc3ccccc3)C(=O)OCc3ccccc3)CCC2N=[N+]=[N-])C1O. The van der Waals surface area contributed by atoms with E-state index in [0.717, 1.165) is 23.6 Å². The number of azide groups is 3. The molecule has 288 valence electrons. The Hall–Kier alpha value is -5.83. The Bertz CT molecular complexity index is 1840. The van der Waals surface area contributed by atoms with Crippen molar-refractivity contribution in [2.75, 3.05) is 6.61 Å². The maximum atomic E-state index is 14.1. The van der Waals surface area contributed by atoms with Crippen molar-refractivity contribution >= 4 is 12.1 Å². The highest BCUT2D eigenvalue weighted by Crippen LogP contribution is 2.35. The zero-order chi connectivity index (χ0) is 39.0. The van der Waals surface area contributed by atoms with E-state index in [2.05, 4.69) is 30.1 Å². The Kier molecular flexibility index (Phi) is 15.1. The number of nitrogens with zero attached hydrogens (tertiary/aromatic N) is 10. The fourth-order valence-corrected chi connectivity index (χ4v) is 6.74. The third-order valence-electron chi connectivity index (χ3n) is 9.34. The van der Waals surface area contributed by atoms with Crippen LogP contribution in [0.4, 0.5) is 4.79 Å². The van der Waals surface area contributed by atoms with Crippen molar-refractivity contribution in [3.8, 4) is 0 Å². The highest BCUT2D eigenvalue weighted by molar-refractivity contribution is 5.68. The van der Waals surface area contributed by atoms with Crippen LogP contribution in [0, 0.1) is 0 Å². The highest BCUT2D eigenvalue weighted by Gasteiger charge is 2.49. The maximum absolute atomic E-state index is 14.1. The second kappa shape index (κ2) is 20.6. The van der Waals surface area contributed by atoms with E-state index in [1.54, 1.807) is 4.90 Å². The van der Waals surface area contributed by atoms with Gasteiger partial charge in [0.25, 0.3) is 0 Å². The lowest BCUT2D eigenvalue weighted by Crippen LogP contribution is -2.60. The maximum Gasteiger partial charge on any atom is 0.410 e. The van der Waals surface area contributed by atoms with Gasteiger partial charge >= 0.3 is 12.1 Å². The summed E-state index contributed by atoms with van der Waals surface area (Å²) in [6, 6.07) is 24.3. The fourth-order valence-electron chi connectivity index (χ4n) is 6.74. The second-order valence-corrected chi connectivity index (χ2v) is 13.1. The summed E-state index contributed by atoms with van der Waals surface area (Å²) in [4.78, 5) is 36.3. The Morgan fingerprint density at radius 1 is 0.800 bits per heavy atom. The lowest BCUT2D eigenvalue weighted by Gasteiger charge is -2.45. The Morgan fingerprint density at radius 2 is 1.35 bits per heavy atom. The summed E-state index contributed by atoms with van der Waals surface area (Å²) in [6.07, 6.45) is -6.71. The van der Waals surface area contributed by atoms with Gasteiger partial charge in [-0.3, -0.25) is 9.69 Å². The third kappa shape index (κ3) is 11.3. The molecule has 1 N–H and O–H groups in total. The van der Waals surface area contributed by atoms with Crippen molar-refractivity contribution in [3.63, 3.8) is 0 Å². The Labute approximate surface area is 316 Å². The second-order valence-electron chi connectivity index (χ2n) is 13.1. The normalized spacial score (nSPS) is 25.1. The molecule has 5 rings (SSSR count). The average Bonchev–Trinajstić information content (AvgIpc) is 3.20. The Balaban J connectivity index is 1.47. The first-order chi connectivity index (χ1) is 26.8. The molecule has 18 nitrogen and oxygen atoms in total. The summed E-state index contributed by atoms with van der Waals surface area (Å²) < 4.78 is 30.3. The van der Waals surface area contributed by atoms with Gasteiger partial charge in [-0.2, -0.15) is 0 Å². The van der Waals surface area contributed by atoms with Crippen molar-refractivity contribution in [3.05, 3.63) is 139 Å². The number of aliphatic hydroxyl groups is 1. The van der Waals surface area contributed by atoms with Gasteiger partial charge < -0.3 is 28.8 Å². The zero-order valence-electron chi connectivity index (χ0n) is 30.1. The van der Waals surface area contributed by atoms with Gasteiger partial charge in [0.1, 0.15) is 18.8 Å². The molecule has 3 aromatic carbocycles. The number of amides is 1. The third-order valence-corrected chi connectivity index (χ3v) is 9.34. The number of rotatable bonds is 16. The molecule has 0 bridgehead atoms. The number of hydrogen-bond acceptors (Lipinski definition) is 11. The topological polar surface area (TPSA) is 250 Å². The van der Waals surface area contributed by atoms with E-state index in [1.807, 2.05) is 91.0 Å². The molecule has 9 unspecified atom stereocenters. The molecule has 0 radical (unpaired) electrons. The van der Waals surface area contributed by atoms with Crippen LogP contribution >= 0.6 is 0 Å². The van der Waals surface area contributed by atoms with Crippen LogP contribution in [0.25, 0.3) is 31.3 Å². The predicted molar refractivity (Wildman–Crippen MR) is 196 cm³/mol. The molecule has 3 aromatic rings. The van der Waals surface area contributed by atoms with E-state index >= 15 is 0 Å². The predicted octanol–water partition coefficient (Wildman–Crippen LogP) is 7.03. The summed E-state index contributed by atoms with van der Waals surface area (Å²) in [6.45, 7) is 1.51. The minimum Gasteiger partial charge on any atom is -0.459 e. The number of aliphatic hydroxyl groups excluding tert-OH is 1. The lowest BCUT2D eigenvalue weighted by atomic mass is 9.84. The number of carbonyl (C=O) groups is 2. The van der Waals surface area contributed by atoms with E-state index in [9.17, 15) is 25.8 Å². The summed E-state index contributed by atoms with van der Waals surface area (Å²) >= 11 is 0. The largest absolute Gasteiger partial charge is 0.459 e. The van der Waals surface area contributed by atoms with Crippen LogP contribution in [0.15, 0.2) is 106 Å². The van der Waals surface area contributed by atoms with E-state index in [1.165, 1.54) is 0 Å². The molecule has 1 saturated heterocycles. The molecule has 1 aliphatic heterocycles. The van der Waals surface area contributed by atoms with Crippen LogP contribution < -0.4 is 0 Å². The van der Waals surface area contributed by atoms with E-state index < -0.39 is 66.9 Å². The molecule has 2 aliphatic rings. The van der Waals surface area contributed by atoms with Crippen LogP contribution in [0.5, 0.6) is 0 Å². The van der Waals surface area contributed by atoms with Crippen molar-refractivity contribution in [2.24, 2.45) is 15.3 Å². The van der Waals surface area contributed by atoms with Crippen LogP contribution in [-0.2, 0) is 48.2 Å². The molecule has 1 saturated carbocycles. The quantitative estimate of drug-likeness (QED) is 0.0685. The number of hydrogen-bond donors (Lipinski definition) is 1. The molecule has 2 fully saturated rings. The van der Waals surface area contributed by atoms with Crippen LogP contribution in [0.3, 0.4) is 0 Å². The zero-order valence-corrected chi connectivity index (χ0v) is 30.1. The molecule has 0 spiro atoms. The van der Waals surface area contributed by atoms with Crippen LogP contribution in [0.1, 0.15) is 42.9 Å². The summed E-state index contributed by atoms with van der Waals surface area (Å²) in [5.41, 5.74) is 30.6. The minimum absolute atomic E-state index is 0.00150. The molecule has 55 heavy (non-hydrogen) atoms. The molecule has 0 aromatic heterocycles. The molecule has 9 atom stereocenters. The van der Waals surface area contributed by atoms with E-state index in [-0.39, 0.29) is 39.2 Å². The summed E-state index contributed by atoms with van der Waals surface area (Å²) in [5, 5.41) is 22.8. The average molecular weight is 755 g/mol. The van der Waals surface area contributed by atoms with Gasteiger partial charge in [-0.15, -0.1) is 0 Å². The van der Waals surface area contributed by atoms with Crippen molar-refractivity contribution in [1.82, 2.24) is 4.90 Å².